The molecule has 0 spiro atoms. The summed E-state index contributed by atoms with van der Waals surface area (Å²) in [6, 6.07) is 2.21. The quantitative estimate of drug-likeness (QED) is 0.465. The first-order valence-corrected chi connectivity index (χ1v) is 12.1. The molecule has 0 aliphatic heterocycles. The first-order chi connectivity index (χ1) is 14.3. The Hall–Kier alpha value is -1.89. The maximum atomic E-state index is 12.5. The van der Waals surface area contributed by atoms with Gasteiger partial charge in [0.1, 0.15) is 5.60 Å². The number of fused-ring (bicyclic) bond motifs is 2. The van der Waals surface area contributed by atoms with Gasteiger partial charge in [0, 0.05) is 24.5 Å². The summed E-state index contributed by atoms with van der Waals surface area (Å²) >= 11 is 1.38. The minimum atomic E-state index is -0.489. The fourth-order valence-corrected chi connectivity index (χ4v) is 4.81. The molecule has 166 valence electrons. The zero-order valence-corrected chi connectivity index (χ0v) is 19.5. The molecule has 0 bridgehead atoms. The van der Waals surface area contributed by atoms with Crippen LogP contribution in [0.15, 0.2) is 6.07 Å². The van der Waals surface area contributed by atoms with E-state index in [0.29, 0.717) is 13.1 Å². The van der Waals surface area contributed by atoms with E-state index in [1.807, 2.05) is 27.7 Å². The molecule has 1 aromatic carbocycles. The highest BCUT2D eigenvalue weighted by atomic mass is 32.2. The van der Waals surface area contributed by atoms with Crippen molar-refractivity contribution in [3.63, 3.8) is 0 Å². The molecular formula is C23H35N3O3S. The number of hydrogen-bond acceptors (Lipinski definition) is 4. The Balaban J connectivity index is 1.44. The zero-order valence-electron chi connectivity index (χ0n) is 18.7. The number of hydrogen-bond donors (Lipinski definition) is 2. The van der Waals surface area contributed by atoms with Gasteiger partial charge in [-0.05, 0) is 107 Å². The first kappa shape index (κ1) is 22.8. The van der Waals surface area contributed by atoms with Gasteiger partial charge in [0.15, 0.2) is 0 Å². The molecule has 30 heavy (non-hydrogen) atoms. The van der Waals surface area contributed by atoms with E-state index >= 15 is 0 Å². The van der Waals surface area contributed by atoms with E-state index in [9.17, 15) is 9.59 Å². The topological polar surface area (TPSA) is 70.7 Å². The van der Waals surface area contributed by atoms with E-state index in [4.69, 9.17) is 4.74 Å². The third-order valence-corrected chi connectivity index (χ3v) is 6.41. The van der Waals surface area contributed by atoms with Crippen molar-refractivity contribution in [1.29, 1.82) is 0 Å². The molecule has 3 amide bonds. The highest BCUT2D eigenvalue weighted by molar-refractivity contribution is 7.97. The lowest BCUT2D eigenvalue weighted by Gasteiger charge is -2.26. The van der Waals surface area contributed by atoms with Gasteiger partial charge in [-0.15, -0.1) is 0 Å². The lowest BCUT2D eigenvalue weighted by atomic mass is 9.99. The van der Waals surface area contributed by atoms with Gasteiger partial charge in [0.2, 0.25) is 0 Å². The van der Waals surface area contributed by atoms with E-state index in [-0.39, 0.29) is 12.1 Å². The zero-order chi connectivity index (χ0) is 21.7. The van der Waals surface area contributed by atoms with Gasteiger partial charge in [0.05, 0.1) is 0 Å². The van der Waals surface area contributed by atoms with Crippen LogP contribution in [0.2, 0.25) is 0 Å². The van der Waals surface area contributed by atoms with Crippen molar-refractivity contribution in [1.82, 2.24) is 9.62 Å². The minimum Gasteiger partial charge on any atom is -0.444 e. The van der Waals surface area contributed by atoms with Crippen molar-refractivity contribution in [2.24, 2.45) is 0 Å². The molecule has 2 aliphatic rings. The van der Waals surface area contributed by atoms with Crippen LogP contribution >= 0.6 is 11.9 Å². The monoisotopic (exact) mass is 433 g/mol. The molecule has 3 rings (SSSR count). The molecule has 2 aliphatic carbocycles. The predicted octanol–water partition coefficient (Wildman–Crippen LogP) is 5.08. The molecule has 2 N–H and O–H groups in total. The van der Waals surface area contributed by atoms with E-state index in [1.165, 1.54) is 47.0 Å². The molecule has 1 aromatic rings. The Morgan fingerprint density at radius 3 is 2.30 bits per heavy atom. The number of carbonyl (C=O) groups is 2. The average Bonchev–Trinajstić information content (AvgIpc) is 3.32. The number of amides is 3. The smallest absolute Gasteiger partial charge is 0.410 e. The number of carbonyl (C=O) groups excluding carboxylic acids is 2. The van der Waals surface area contributed by atoms with Crippen LogP contribution in [0.5, 0.6) is 0 Å². The van der Waals surface area contributed by atoms with Crippen LogP contribution in [-0.2, 0) is 30.4 Å². The van der Waals surface area contributed by atoms with Crippen molar-refractivity contribution in [2.45, 2.75) is 78.2 Å². The van der Waals surface area contributed by atoms with Crippen molar-refractivity contribution in [2.75, 3.05) is 24.2 Å². The van der Waals surface area contributed by atoms with Gasteiger partial charge in [0.25, 0.3) is 0 Å². The van der Waals surface area contributed by atoms with E-state index in [0.717, 1.165) is 43.5 Å². The molecule has 0 saturated heterocycles. The van der Waals surface area contributed by atoms with Crippen LogP contribution < -0.4 is 10.0 Å². The Morgan fingerprint density at radius 1 is 1.10 bits per heavy atom. The molecule has 0 unspecified atom stereocenters. The molecule has 7 heteroatoms. The summed E-state index contributed by atoms with van der Waals surface area (Å²) in [6.45, 7) is 8.77. The number of anilines is 1. The second-order valence-electron chi connectivity index (χ2n) is 9.05. The molecule has 0 radical (unpaired) electrons. The summed E-state index contributed by atoms with van der Waals surface area (Å²) in [5, 5.41) is 3.14. The van der Waals surface area contributed by atoms with Gasteiger partial charge in [-0.3, -0.25) is 4.72 Å². The molecule has 0 atom stereocenters. The third-order valence-electron chi connectivity index (χ3n) is 5.58. The van der Waals surface area contributed by atoms with Gasteiger partial charge in [-0.2, -0.15) is 0 Å². The molecule has 0 fully saturated rings. The summed E-state index contributed by atoms with van der Waals surface area (Å²) in [7, 11) is 0. The number of nitrogens with zero attached hydrogens (tertiary/aromatic N) is 1. The maximum Gasteiger partial charge on any atom is 0.410 e. The van der Waals surface area contributed by atoms with Crippen LogP contribution in [0.25, 0.3) is 0 Å². The van der Waals surface area contributed by atoms with Crippen LogP contribution in [0.3, 0.4) is 0 Å². The number of nitrogens with one attached hydrogen (secondary N) is 2. The number of ether oxygens (including phenoxy) is 1. The predicted molar refractivity (Wildman–Crippen MR) is 123 cm³/mol. The lowest BCUT2D eigenvalue weighted by molar-refractivity contribution is 0.0261. The fraction of sp³-hybridized carbons (Fsp3) is 0.652. The molecule has 0 heterocycles. The van der Waals surface area contributed by atoms with Gasteiger partial charge >= 0.3 is 12.1 Å². The van der Waals surface area contributed by atoms with Gasteiger partial charge in [-0.1, -0.05) is 6.07 Å². The van der Waals surface area contributed by atoms with E-state index in [2.05, 4.69) is 16.1 Å². The first-order valence-electron chi connectivity index (χ1n) is 11.1. The fourth-order valence-electron chi connectivity index (χ4n) is 4.26. The number of aryl methyl sites for hydroxylation is 2. The summed E-state index contributed by atoms with van der Waals surface area (Å²) in [5.41, 5.74) is 6.09. The highest BCUT2D eigenvalue weighted by Crippen LogP contribution is 2.38. The Labute approximate surface area is 184 Å². The molecule has 6 nitrogen and oxygen atoms in total. The Morgan fingerprint density at radius 2 is 1.73 bits per heavy atom. The third kappa shape index (κ3) is 5.84. The summed E-state index contributed by atoms with van der Waals surface area (Å²) in [5.74, 6) is 0.734. The maximum absolute atomic E-state index is 12.5. The summed E-state index contributed by atoms with van der Waals surface area (Å²) in [4.78, 5) is 26.4. The van der Waals surface area contributed by atoms with Crippen LogP contribution in [0, 0.1) is 0 Å². The number of urea groups is 1. The second kappa shape index (κ2) is 9.94. The molecular weight excluding hydrogens is 398 g/mol. The second-order valence-corrected chi connectivity index (χ2v) is 9.95. The van der Waals surface area contributed by atoms with Crippen LogP contribution in [0.4, 0.5) is 15.3 Å². The van der Waals surface area contributed by atoms with E-state index in [1.54, 1.807) is 4.90 Å². The Bertz CT molecular complexity index is 757. The van der Waals surface area contributed by atoms with Crippen LogP contribution in [-0.4, -0.2) is 41.5 Å². The van der Waals surface area contributed by atoms with Crippen molar-refractivity contribution >= 4 is 29.8 Å². The highest BCUT2D eigenvalue weighted by Gasteiger charge is 2.25. The van der Waals surface area contributed by atoms with E-state index < -0.39 is 5.60 Å². The molecule has 0 aromatic heterocycles. The van der Waals surface area contributed by atoms with Crippen molar-refractivity contribution < 1.29 is 14.3 Å². The van der Waals surface area contributed by atoms with Crippen molar-refractivity contribution in [3.05, 3.63) is 28.3 Å². The SMILES string of the molecule is CCN(CCCSNC(=O)Nc1c2c(cc3c1CCC3)CCC2)C(=O)OC(C)(C)C. The summed E-state index contributed by atoms with van der Waals surface area (Å²) < 4.78 is 8.33. The summed E-state index contributed by atoms with van der Waals surface area (Å²) in [6.07, 6.45) is 7.22. The van der Waals surface area contributed by atoms with Crippen LogP contribution in [0.1, 0.15) is 69.2 Å². The van der Waals surface area contributed by atoms with Gasteiger partial charge in [-0.25, -0.2) is 9.59 Å². The standard InChI is InChI=1S/C23H35N3O3S/c1-5-26(22(28)29-23(2,3)4)13-8-14-30-25-21(27)24-20-18-11-6-9-16(18)15-17-10-7-12-19(17)20/h15H,5-14H2,1-4H3,(H2,24,25,27). The van der Waals surface area contributed by atoms with Crippen molar-refractivity contribution in [3.8, 4) is 0 Å². The average molecular weight is 434 g/mol. The Kier molecular flexibility index (Phi) is 7.55. The molecule has 0 saturated carbocycles. The lowest BCUT2D eigenvalue weighted by Crippen LogP contribution is -2.37. The number of rotatable bonds is 7. The normalized spacial score (nSPS) is 14.8. The van der Waals surface area contributed by atoms with Gasteiger partial charge < -0.3 is 15.0 Å². The minimum absolute atomic E-state index is 0.158. The number of benzene rings is 1. The largest absolute Gasteiger partial charge is 0.444 e.